The highest BCUT2D eigenvalue weighted by molar-refractivity contribution is 5.85. The minimum Gasteiger partial charge on any atom is -0.357 e. The number of nitrogens with zero attached hydrogens (tertiary/aromatic N) is 3. The maximum absolute atomic E-state index is 13.3. The zero-order valence-electron chi connectivity index (χ0n) is 16.9. The lowest BCUT2D eigenvalue weighted by molar-refractivity contribution is 0.433. The molecule has 4 heterocycles. The van der Waals surface area contributed by atoms with Gasteiger partial charge in [0.2, 0.25) is 0 Å². The molecule has 1 aliphatic rings. The third-order valence-electron chi connectivity index (χ3n) is 6.05. The van der Waals surface area contributed by atoms with Gasteiger partial charge in [-0.1, -0.05) is 18.2 Å². The molecule has 0 saturated carbocycles. The van der Waals surface area contributed by atoms with Gasteiger partial charge in [-0.15, -0.1) is 0 Å². The van der Waals surface area contributed by atoms with E-state index < -0.39 is 0 Å². The summed E-state index contributed by atoms with van der Waals surface area (Å²) in [5.74, 6) is 0.618. The molecule has 0 amide bonds. The van der Waals surface area contributed by atoms with Crippen molar-refractivity contribution < 1.29 is 4.39 Å². The molecule has 5 aromatic rings. The fraction of sp³-hybridized carbons (Fsp3) is 0.167. The number of halogens is 1. The summed E-state index contributed by atoms with van der Waals surface area (Å²) in [6.45, 7) is 0. The molecule has 3 aromatic heterocycles. The number of aromatic nitrogens is 5. The number of H-pyrrole nitrogens is 2. The quantitative estimate of drug-likeness (QED) is 0.411. The molecule has 0 fully saturated rings. The van der Waals surface area contributed by atoms with Crippen molar-refractivity contribution in [3.05, 3.63) is 95.6 Å². The molecule has 3 N–H and O–H groups in total. The molecule has 6 nitrogen and oxygen atoms in total. The number of hydrogen-bond acceptors (Lipinski definition) is 3. The standard InChI is InChI=1S/C24H21FN6/c1-31-13-15(11-27-31)22-23-18(17-4-2-3-5-19(17)28-23)10-20(29-22)24-26-12-21(30-24)14-6-8-16(25)9-7-14/h2-9,11-13,20,22,28-29H,10H2,1H3,(H,26,30)/t20-,22+/m1/s1. The third kappa shape index (κ3) is 3.05. The van der Waals surface area contributed by atoms with E-state index in [4.69, 9.17) is 0 Å². The number of aromatic amines is 2. The van der Waals surface area contributed by atoms with Crippen LogP contribution in [0, 0.1) is 5.82 Å². The Balaban J connectivity index is 1.42. The number of hydrogen-bond donors (Lipinski definition) is 3. The van der Waals surface area contributed by atoms with Crippen molar-refractivity contribution >= 4 is 10.9 Å². The fourth-order valence-electron chi connectivity index (χ4n) is 4.55. The van der Waals surface area contributed by atoms with Gasteiger partial charge >= 0.3 is 0 Å². The second-order valence-electron chi connectivity index (χ2n) is 8.06. The first-order valence-corrected chi connectivity index (χ1v) is 10.3. The Morgan fingerprint density at radius 1 is 1.03 bits per heavy atom. The molecule has 1 aliphatic heterocycles. The maximum atomic E-state index is 13.3. The highest BCUT2D eigenvalue weighted by Gasteiger charge is 2.33. The highest BCUT2D eigenvalue weighted by atomic mass is 19.1. The number of nitrogens with one attached hydrogen (secondary N) is 3. The Kier molecular flexibility index (Phi) is 4.04. The van der Waals surface area contributed by atoms with Crippen LogP contribution >= 0.6 is 0 Å². The van der Waals surface area contributed by atoms with E-state index in [1.54, 1.807) is 12.1 Å². The molecular weight excluding hydrogens is 391 g/mol. The van der Waals surface area contributed by atoms with Gasteiger partial charge in [-0.2, -0.15) is 5.10 Å². The van der Waals surface area contributed by atoms with Crippen LogP contribution in [0.4, 0.5) is 4.39 Å². The van der Waals surface area contributed by atoms with Gasteiger partial charge in [-0.25, -0.2) is 9.37 Å². The lowest BCUT2D eigenvalue weighted by atomic mass is 9.91. The summed E-state index contributed by atoms with van der Waals surface area (Å²) in [4.78, 5) is 11.7. The normalized spacial score (nSPS) is 18.4. The van der Waals surface area contributed by atoms with E-state index in [0.29, 0.717) is 0 Å². The van der Waals surface area contributed by atoms with Crippen LogP contribution in [0.25, 0.3) is 22.2 Å². The predicted octanol–water partition coefficient (Wildman–Crippen LogP) is 4.41. The van der Waals surface area contributed by atoms with Crippen molar-refractivity contribution in [2.24, 2.45) is 7.05 Å². The van der Waals surface area contributed by atoms with Crippen LogP contribution in [-0.2, 0) is 13.5 Å². The van der Waals surface area contributed by atoms with E-state index in [-0.39, 0.29) is 17.9 Å². The SMILES string of the molecule is Cn1cc([C@@H]2N[C@@H](c3ncc(-c4ccc(F)cc4)[nH]3)Cc3c2[nH]c2ccccc32)cn1. The predicted molar refractivity (Wildman–Crippen MR) is 117 cm³/mol. The van der Waals surface area contributed by atoms with Gasteiger partial charge in [0.05, 0.1) is 30.2 Å². The van der Waals surface area contributed by atoms with Crippen molar-refractivity contribution in [2.75, 3.05) is 0 Å². The molecule has 2 atom stereocenters. The van der Waals surface area contributed by atoms with Gasteiger partial charge in [-0.3, -0.25) is 10.00 Å². The number of rotatable bonds is 3. The van der Waals surface area contributed by atoms with Crippen LogP contribution in [0.15, 0.2) is 67.1 Å². The van der Waals surface area contributed by atoms with Crippen molar-refractivity contribution in [3.8, 4) is 11.3 Å². The Labute approximate surface area is 178 Å². The van der Waals surface area contributed by atoms with Gasteiger partial charge in [-0.05, 0) is 47.9 Å². The zero-order valence-corrected chi connectivity index (χ0v) is 16.9. The zero-order chi connectivity index (χ0) is 20.9. The fourth-order valence-corrected chi connectivity index (χ4v) is 4.55. The van der Waals surface area contributed by atoms with Gasteiger partial charge < -0.3 is 9.97 Å². The third-order valence-corrected chi connectivity index (χ3v) is 6.05. The molecule has 31 heavy (non-hydrogen) atoms. The molecule has 0 radical (unpaired) electrons. The summed E-state index contributed by atoms with van der Waals surface area (Å²) in [6.07, 6.45) is 6.57. The number of imidazole rings is 1. The van der Waals surface area contributed by atoms with Crippen LogP contribution in [0.1, 0.15) is 34.7 Å². The van der Waals surface area contributed by atoms with E-state index in [9.17, 15) is 4.39 Å². The van der Waals surface area contributed by atoms with Crippen LogP contribution in [-0.4, -0.2) is 24.7 Å². The summed E-state index contributed by atoms with van der Waals surface area (Å²) in [5, 5.41) is 9.37. The summed E-state index contributed by atoms with van der Waals surface area (Å²) >= 11 is 0. The number of aryl methyl sites for hydroxylation is 1. The van der Waals surface area contributed by atoms with Crippen LogP contribution in [0.3, 0.4) is 0 Å². The maximum Gasteiger partial charge on any atom is 0.124 e. The van der Waals surface area contributed by atoms with E-state index in [1.807, 2.05) is 30.3 Å². The summed E-state index contributed by atoms with van der Waals surface area (Å²) in [6, 6.07) is 14.8. The first-order valence-electron chi connectivity index (χ1n) is 10.3. The van der Waals surface area contributed by atoms with E-state index in [0.717, 1.165) is 34.6 Å². The van der Waals surface area contributed by atoms with Crippen LogP contribution < -0.4 is 5.32 Å². The Morgan fingerprint density at radius 2 is 1.87 bits per heavy atom. The number of fused-ring (bicyclic) bond motifs is 3. The highest BCUT2D eigenvalue weighted by Crippen LogP contribution is 2.38. The summed E-state index contributed by atoms with van der Waals surface area (Å²) in [5.41, 5.74) is 6.50. The van der Waals surface area contributed by atoms with Gasteiger partial charge in [0.15, 0.2) is 0 Å². The number of para-hydroxylation sites is 1. The first-order chi connectivity index (χ1) is 15.2. The van der Waals surface area contributed by atoms with Crippen molar-refractivity contribution in [1.82, 2.24) is 30.0 Å². The minimum absolute atomic E-state index is 0.00566. The van der Waals surface area contributed by atoms with Gasteiger partial charge in [0.1, 0.15) is 11.6 Å². The van der Waals surface area contributed by atoms with Crippen LogP contribution in [0.2, 0.25) is 0 Å². The molecule has 0 aliphatic carbocycles. The topological polar surface area (TPSA) is 74.3 Å². The molecule has 154 valence electrons. The molecule has 0 spiro atoms. The molecule has 7 heteroatoms. The van der Waals surface area contributed by atoms with E-state index >= 15 is 0 Å². The van der Waals surface area contributed by atoms with Crippen molar-refractivity contribution in [3.63, 3.8) is 0 Å². The Bertz CT molecular complexity index is 1380. The second kappa shape index (κ2) is 6.92. The second-order valence-corrected chi connectivity index (χ2v) is 8.06. The molecule has 0 saturated heterocycles. The van der Waals surface area contributed by atoms with E-state index in [1.165, 1.54) is 28.8 Å². The molecule has 0 bridgehead atoms. The molecule has 2 aromatic carbocycles. The lowest BCUT2D eigenvalue weighted by Gasteiger charge is -2.30. The van der Waals surface area contributed by atoms with E-state index in [2.05, 4.69) is 49.6 Å². The lowest BCUT2D eigenvalue weighted by Crippen LogP contribution is -2.34. The summed E-state index contributed by atoms with van der Waals surface area (Å²) < 4.78 is 15.1. The van der Waals surface area contributed by atoms with Crippen LogP contribution in [0.5, 0.6) is 0 Å². The largest absolute Gasteiger partial charge is 0.357 e. The van der Waals surface area contributed by atoms with Gasteiger partial charge in [0, 0.05) is 35.4 Å². The monoisotopic (exact) mass is 412 g/mol. The Morgan fingerprint density at radius 3 is 2.68 bits per heavy atom. The smallest absolute Gasteiger partial charge is 0.124 e. The van der Waals surface area contributed by atoms with Gasteiger partial charge in [0.25, 0.3) is 0 Å². The van der Waals surface area contributed by atoms with Crippen molar-refractivity contribution in [1.29, 1.82) is 0 Å². The average Bonchev–Trinajstić information content (AvgIpc) is 3.52. The first kappa shape index (κ1) is 18.1. The molecule has 0 unspecified atom stereocenters. The minimum atomic E-state index is -0.247. The van der Waals surface area contributed by atoms with Crippen molar-refractivity contribution in [2.45, 2.75) is 18.5 Å². The number of benzene rings is 2. The average molecular weight is 412 g/mol. The Hall–Kier alpha value is -3.71. The molecular formula is C24H21FN6. The molecule has 6 rings (SSSR count). The summed E-state index contributed by atoms with van der Waals surface area (Å²) in [7, 11) is 1.93.